The smallest absolute Gasteiger partial charge is 0.325 e. The average Bonchev–Trinajstić information content (AvgIpc) is 3.12. The highest BCUT2D eigenvalue weighted by Crippen LogP contribution is 2.35. The van der Waals surface area contributed by atoms with Gasteiger partial charge >= 0.3 is 6.18 Å². The van der Waals surface area contributed by atoms with Gasteiger partial charge in [-0.05, 0) is 24.3 Å². The van der Waals surface area contributed by atoms with Crippen molar-refractivity contribution in [3.63, 3.8) is 0 Å². The highest BCUT2D eigenvalue weighted by atomic mass is 35.5. The van der Waals surface area contributed by atoms with Gasteiger partial charge in [-0.15, -0.1) is 0 Å². The fourth-order valence-electron chi connectivity index (χ4n) is 2.70. The minimum absolute atomic E-state index is 0.165. The van der Waals surface area contributed by atoms with Crippen molar-refractivity contribution in [2.75, 3.05) is 17.3 Å². The Hall–Kier alpha value is -3.40. The third-order valence-electron chi connectivity index (χ3n) is 4.16. The van der Waals surface area contributed by atoms with Gasteiger partial charge in [-0.2, -0.15) is 18.3 Å². The fourth-order valence-corrected chi connectivity index (χ4v) is 2.93. The second-order valence-electron chi connectivity index (χ2n) is 6.03. The molecule has 1 amide bonds. The van der Waals surface area contributed by atoms with Crippen LogP contribution in [0, 0.1) is 0 Å². The highest BCUT2D eigenvalue weighted by Gasteiger charge is 2.34. The number of aliphatic imine (C=N–C) groups is 1. The quantitative estimate of drug-likeness (QED) is 0.368. The predicted octanol–water partition coefficient (Wildman–Crippen LogP) is 4.27. The summed E-state index contributed by atoms with van der Waals surface area (Å²) in [5.74, 6) is 0.453. The van der Waals surface area contributed by atoms with E-state index in [9.17, 15) is 18.0 Å². The molecule has 0 spiro atoms. The number of carbonyl (C=O) groups excluding carboxylic acids is 1. The van der Waals surface area contributed by atoms with Crippen LogP contribution in [-0.2, 0) is 18.0 Å². The van der Waals surface area contributed by atoms with Gasteiger partial charge in [0.15, 0.2) is 5.82 Å². The normalized spacial score (nSPS) is 12.0. The van der Waals surface area contributed by atoms with Crippen molar-refractivity contribution >= 4 is 41.2 Å². The molecule has 2 aromatic heterocycles. The van der Waals surface area contributed by atoms with Crippen LogP contribution in [0.1, 0.15) is 11.3 Å². The van der Waals surface area contributed by atoms with E-state index in [0.717, 1.165) is 11.0 Å². The first-order valence-corrected chi connectivity index (χ1v) is 8.93. The largest absolute Gasteiger partial charge is 0.433 e. The number of pyridine rings is 1. The number of aromatic nitrogens is 3. The molecule has 0 aliphatic heterocycles. The summed E-state index contributed by atoms with van der Waals surface area (Å²) in [7, 11) is 3.14. The lowest BCUT2D eigenvalue weighted by Gasteiger charge is -2.23. The minimum Gasteiger partial charge on any atom is -0.325 e. The van der Waals surface area contributed by atoms with Crippen molar-refractivity contribution in [3.05, 3.63) is 64.9 Å². The molecule has 1 aromatic carbocycles. The van der Waals surface area contributed by atoms with Gasteiger partial charge in [0.1, 0.15) is 17.3 Å². The Morgan fingerprint density at radius 1 is 1.23 bits per heavy atom. The number of hydrogen-bond acceptors (Lipinski definition) is 4. The van der Waals surface area contributed by atoms with Gasteiger partial charge in [-0.3, -0.25) is 19.4 Å². The van der Waals surface area contributed by atoms with Crippen molar-refractivity contribution < 1.29 is 18.0 Å². The SMILES string of the molecule is C/N=C(/Nc1ccnn1C)c1ccc(C(F)(F)F)nc1N(C=O)c1ccccc1Cl. The Labute approximate surface area is 174 Å². The van der Waals surface area contributed by atoms with Crippen LogP contribution in [0.5, 0.6) is 0 Å². The third kappa shape index (κ3) is 4.28. The molecular formula is C19H16ClF3N6O. The molecule has 0 bridgehead atoms. The second kappa shape index (κ2) is 8.54. The maximum atomic E-state index is 13.3. The standard InChI is InChI=1S/C19H16ClF3N6O/c1-24-17(27-16-9-10-25-28(16)2)12-7-8-15(19(21,22)23)26-18(12)29(11-30)14-6-4-3-5-13(14)20/h3-11H,1-2H3,(H,24,27). The third-order valence-corrected chi connectivity index (χ3v) is 4.48. The molecular weight excluding hydrogens is 421 g/mol. The van der Waals surface area contributed by atoms with Crippen LogP contribution >= 0.6 is 11.6 Å². The van der Waals surface area contributed by atoms with Crippen LogP contribution in [0.4, 0.5) is 30.5 Å². The van der Waals surface area contributed by atoms with Crippen molar-refractivity contribution in [2.45, 2.75) is 6.18 Å². The van der Waals surface area contributed by atoms with Crippen molar-refractivity contribution in [1.82, 2.24) is 14.8 Å². The molecule has 0 aliphatic carbocycles. The molecule has 7 nitrogen and oxygen atoms in total. The molecule has 0 aliphatic rings. The van der Waals surface area contributed by atoms with E-state index in [1.165, 1.54) is 29.9 Å². The lowest BCUT2D eigenvalue weighted by atomic mass is 10.1. The van der Waals surface area contributed by atoms with Gasteiger partial charge in [-0.25, -0.2) is 4.98 Å². The summed E-state index contributed by atoms with van der Waals surface area (Å²) in [6, 6.07) is 9.94. The molecule has 156 valence electrons. The number of rotatable bonds is 5. The van der Waals surface area contributed by atoms with E-state index >= 15 is 0 Å². The van der Waals surface area contributed by atoms with Gasteiger partial charge in [0.25, 0.3) is 0 Å². The number of hydrogen-bond donors (Lipinski definition) is 1. The van der Waals surface area contributed by atoms with Crippen LogP contribution in [-0.4, -0.2) is 34.1 Å². The number of nitrogens with zero attached hydrogens (tertiary/aromatic N) is 5. The summed E-state index contributed by atoms with van der Waals surface area (Å²) < 4.78 is 41.5. The number of amidine groups is 1. The van der Waals surface area contributed by atoms with E-state index in [0.29, 0.717) is 12.2 Å². The summed E-state index contributed by atoms with van der Waals surface area (Å²) in [4.78, 5) is 20.7. The summed E-state index contributed by atoms with van der Waals surface area (Å²) in [5.41, 5.74) is -0.812. The number of nitrogens with one attached hydrogen (secondary N) is 1. The summed E-state index contributed by atoms with van der Waals surface area (Å²) in [6.07, 6.45) is -2.81. The number of benzene rings is 1. The Kier molecular flexibility index (Phi) is 6.06. The maximum Gasteiger partial charge on any atom is 0.433 e. The molecule has 0 unspecified atom stereocenters. The molecule has 2 heterocycles. The summed E-state index contributed by atoms with van der Waals surface area (Å²) in [6.45, 7) is 0. The Balaban J connectivity index is 2.19. The predicted molar refractivity (Wildman–Crippen MR) is 108 cm³/mol. The van der Waals surface area contributed by atoms with Crippen LogP contribution in [0.3, 0.4) is 0 Å². The zero-order valence-corrected chi connectivity index (χ0v) is 16.6. The molecule has 1 N–H and O–H groups in total. The number of carbonyl (C=O) groups is 1. The van der Waals surface area contributed by atoms with Crippen molar-refractivity contribution in [3.8, 4) is 0 Å². The summed E-state index contributed by atoms with van der Waals surface area (Å²) >= 11 is 6.17. The Bertz CT molecular complexity index is 1100. The monoisotopic (exact) mass is 436 g/mol. The van der Waals surface area contributed by atoms with Crippen LogP contribution in [0.15, 0.2) is 53.7 Å². The molecule has 0 atom stereocenters. The number of halogens is 4. The van der Waals surface area contributed by atoms with Crippen LogP contribution in [0.25, 0.3) is 0 Å². The lowest BCUT2D eigenvalue weighted by Crippen LogP contribution is -2.25. The first-order valence-electron chi connectivity index (χ1n) is 8.55. The van der Waals surface area contributed by atoms with E-state index < -0.39 is 11.9 Å². The number of alkyl halides is 3. The van der Waals surface area contributed by atoms with E-state index in [1.54, 1.807) is 31.4 Å². The molecule has 3 aromatic rings. The average molecular weight is 437 g/mol. The van der Waals surface area contributed by atoms with Gasteiger partial charge in [0.05, 0.1) is 22.5 Å². The first kappa shape index (κ1) is 21.3. The van der Waals surface area contributed by atoms with Crippen LogP contribution in [0.2, 0.25) is 5.02 Å². The van der Waals surface area contributed by atoms with E-state index in [2.05, 4.69) is 20.4 Å². The highest BCUT2D eigenvalue weighted by molar-refractivity contribution is 6.34. The molecule has 30 heavy (non-hydrogen) atoms. The number of anilines is 3. The molecule has 3 rings (SSSR count). The van der Waals surface area contributed by atoms with Gasteiger partial charge in [-0.1, -0.05) is 23.7 Å². The number of amides is 1. The van der Waals surface area contributed by atoms with Gasteiger partial charge < -0.3 is 5.32 Å². The second-order valence-corrected chi connectivity index (χ2v) is 6.44. The van der Waals surface area contributed by atoms with Gasteiger partial charge in [0.2, 0.25) is 6.41 Å². The maximum absolute atomic E-state index is 13.3. The van der Waals surface area contributed by atoms with Crippen molar-refractivity contribution in [1.29, 1.82) is 0 Å². The topological polar surface area (TPSA) is 75.4 Å². The van der Waals surface area contributed by atoms with E-state index in [1.807, 2.05) is 0 Å². The zero-order valence-electron chi connectivity index (χ0n) is 15.9. The van der Waals surface area contributed by atoms with E-state index in [4.69, 9.17) is 11.6 Å². The van der Waals surface area contributed by atoms with Crippen LogP contribution < -0.4 is 10.2 Å². The number of aryl methyl sites for hydroxylation is 1. The minimum atomic E-state index is -4.71. The summed E-state index contributed by atoms with van der Waals surface area (Å²) in [5, 5.41) is 7.19. The molecule has 0 saturated carbocycles. The van der Waals surface area contributed by atoms with Crippen molar-refractivity contribution in [2.24, 2.45) is 12.0 Å². The first-order chi connectivity index (χ1) is 14.3. The molecule has 0 saturated heterocycles. The zero-order chi connectivity index (χ0) is 21.9. The lowest BCUT2D eigenvalue weighted by molar-refractivity contribution is -0.141. The molecule has 0 fully saturated rings. The Morgan fingerprint density at radius 3 is 2.53 bits per heavy atom. The van der Waals surface area contributed by atoms with Gasteiger partial charge in [0, 0.05) is 20.2 Å². The Morgan fingerprint density at radius 2 is 1.97 bits per heavy atom. The molecule has 11 heteroatoms. The molecule has 0 radical (unpaired) electrons. The van der Waals surface area contributed by atoms with E-state index in [-0.39, 0.29) is 27.9 Å². The fraction of sp³-hybridized carbons (Fsp3) is 0.158. The number of para-hydroxylation sites is 1.